The number of benzene rings is 1. The predicted molar refractivity (Wildman–Crippen MR) is 92.8 cm³/mol. The molecule has 1 unspecified atom stereocenters. The fraction of sp³-hybridized carbons (Fsp3) is 0.500. The number of nitro benzene ring substituents is 1. The third-order valence-electron chi connectivity index (χ3n) is 3.70. The molecule has 0 saturated heterocycles. The fourth-order valence-corrected chi connectivity index (χ4v) is 2.38. The smallest absolute Gasteiger partial charge is 0.279 e. The highest BCUT2D eigenvalue weighted by Crippen LogP contribution is 2.28. The number of carbonyl (C=O) groups excluding carboxylic acids is 2. The van der Waals surface area contributed by atoms with Crippen LogP contribution >= 0.6 is 0 Å². The minimum Gasteiger partial charge on any atom is -0.495 e. The van der Waals surface area contributed by atoms with Crippen molar-refractivity contribution in [3.8, 4) is 5.75 Å². The van der Waals surface area contributed by atoms with Gasteiger partial charge in [0.1, 0.15) is 5.75 Å². The number of amides is 2. The van der Waals surface area contributed by atoms with Crippen molar-refractivity contribution in [3.63, 3.8) is 0 Å². The standard InChI is InChI=1S/C16H24N4O5/c1-5-19(6-2)16(22)11-18(3)10-15(21)17-13-9-12(20(23)24)7-8-14(13)25-4/h7-9H,5-6,10-11H2,1-4H3,(H,17,21)/p+1. The lowest BCUT2D eigenvalue weighted by Crippen LogP contribution is -3.11. The van der Waals surface area contributed by atoms with Crippen molar-refractivity contribution >= 4 is 23.2 Å². The number of non-ortho nitro benzene ring substituents is 1. The molecule has 0 fully saturated rings. The van der Waals surface area contributed by atoms with Gasteiger partial charge in [0, 0.05) is 25.2 Å². The number of anilines is 1. The summed E-state index contributed by atoms with van der Waals surface area (Å²) in [7, 11) is 3.16. The molecule has 0 aromatic heterocycles. The molecule has 25 heavy (non-hydrogen) atoms. The summed E-state index contributed by atoms with van der Waals surface area (Å²) in [5.41, 5.74) is 0.0816. The van der Waals surface area contributed by atoms with E-state index in [0.29, 0.717) is 18.8 Å². The third-order valence-corrected chi connectivity index (χ3v) is 3.70. The van der Waals surface area contributed by atoms with Gasteiger partial charge in [-0.3, -0.25) is 19.7 Å². The maximum Gasteiger partial charge on any atom is 0.279 e. The highest BCUT2D eigenvalue weighted by Gasteiger charge is 2.19. The molecule has 0 aliphatic rings. The molecule has 0 radical (unpaired) electrons. The Bertz CT molecular complexity index is 631. The molecule has 1 aromatic carbocycles. The minimum atomic E-state index is -0.546. The second-order valence-corrected chi connectivity index (χ2v) is 5.57. The van der Waals surface area contributed by atoms with Crippen molar-refractivity contribution in [3.05, 3.63) is 28.3 Å². The average Bonchev–Trinajstić information content (AvgIpc) is 2.55. The van der Waals surface area contributed by atoms with E-state index < -0.39 is 4.92 Å². The van der Waals surface area contributed by atoms with Gasteiger partial charge in [0.25, 0.3) is 17.5 Å². The van der Waals surface area contributed by atoms with Crippen molar-refractivity contribution in [1.82, 2.24) is 4.90 Å². The number of quaternary nitrogens is 1. The van der Waals surface area contributed by atoms with E-state index in [2.05, 4.69) is 5.32 Å². The van der Waals surface area contributed by atoms with Crippen LogP contribution in [0.2, 0.25) is 0 Å². The van der Waals surface area contributed by atoms with Gasteiger partial charge in [-0.05, 0) is 19.9 Å². The van der Waals surface area contributed by atoms with Gasteiger partial charge in [0.2, 0.25) is 0 Å². The predicted octanol–water partition coefficient (Wildman–Crippen LogP) is -0.0750. The summed E-state index contributed by atoms with van der Waals surface area (Å²) in [5.74, 6) is -0.0531. The van der Waals surface area contributed by atoms with E-state index in [1.54, 1.807) is 11.9 Å². The van der Waals surface area contributed by atoms with Crippen LogP contribution in [-0.2, 0) is 9.59 Å². The SMILES string of the molecule is CCN(CC)C(=O)C[NH+](C)CC(=O)Nc1cc([N+](=O)[O-])ccc1OC. The van der Waals surface area contributed by atoms with E-state index >= 15 is 0 Å². The summed E-state index contributed by atoms with van der Waals surface area (Å²) in [6.07, 6.45) is 0. The first kappa shape index (κ1) is 20.4. The Labute approximate surface area is 146 Å². The molecule has 0 spiro atoms. The van der Waals surface area contributed by atoms with Crippen LogP contribution in [0.3, 0.4) is 0 Å². The van der Waals surface area contributed by atoms with E-state index in [1.807, 2.05) is 13.8 Å². The van der Waals surface area contributed by atoms with Crippen molar-refractivity contribution in [2.24, 2.45) is 0 Å². The Kier molecular flexibility index (Phi) is 7.80. The Morgan fingerprint density at radius 1 is 1.28 bits per heavy atom. The molecule has 9 nitrogen and oxygen atoms in total. The molecule has 0 aliphatic carbocycles. The van der Waals surface area contributed by atoms with E-state index in [1.165, 1.54) is 25.3 Å². The number of carbonyl (C=O) groups is 2. The molecule has 0 saturated carbocycles. The van der Waals surface area contributed by atoms with Gasteiger partial charge in [-0.15, -0.1) is 0 Å². The molecule has 9 heteroatoms. The summed E-state index contributed by atoms with van der Waals surface area (Å²) in [5, 5.41) is 13.5. The molecule has 0 aliphatic heterocycles. The molecule has 138 valence electrons. The van der Waals surface area contributed by atoms with Crippen molar-refractivity contribution < 1.29 is 24.1 Å². The Morgan fingerprint density at radius 3 is 2.44 bits per heavy atom. The van der Waals surface area contributed by atoms with Crippen molar-refractivity contribution in [2.75, 3.05) is 45.7 Å². The topological polar surface area (TPSA) is 106 Å². The normalized spacial score (nSPS) is 11.5. The van der Waals surface area contributed by atoms with Gasteiger partial charge in [-0.1, -0.05) is 0 Å². The number of likely N-dealkylation sites (N-methyl/N-ethyl adjacent to an activating group) is 2. The molecule has 2 amide bonds. The van der Waals surface area contributed by atoms with Gasteiger partial charge >= 0.3 is 0 Å². The summed E-state index contributed by atoms with van der Waals surface area (Å²) in [4.78, 5) is 37.0. The largest absolute Gasteiger partial charge is 0.495 e. The number of ether oxygens (including phenoxy) is 1. The average molecular weight is 353 g/mol. The number of nitrogens with zero attached hydrogens (tertiary/aromatic N) is 2. The summed E-state index contributed by atoms with van der Waals surface area (Å²) >= 11 is 0. The zero-order chi connectivity index (χ0) is 19.0. The van der Waals surface area contributed by atoms with Crippen molar-refractivity contribution in [2.45, 2.75) is 13.8 Å². The molecule has 1 rings (SSSR count). The second-order valence-electron chi connectivity index (χ2n) is 5.57. The molecular formula is C16H25N4O5+. The molecule has 1 aromatic rings. The Hall–Kier alpha value is -2.68. The lowest BCUT2D eigenvalue weighted by molar-refractivity contribution is -0.862. The molecule has 1 atom stereocenters. The molecule has 0 heterocycles. The van der Waals surface area contributed by atoms with Crippen LogP contribution in [0.5, 0.6) is 5.75 Å². The van der Waals surface area contributed by atoms with Gasteiger partial charge in [0.05, 0.1) is 24.8 Å². The first-order chi connectivity index (χ1) is 11.8. The molecule has 2 N–H and O–H groups in total. The number of rotatable bonds is 9. The maximum absolute atomic E-state index is 12.2. The van der Waals surface area contributed by atoms with Gasteiger partial charge < -0.3 is 19.9 Å². The van der Waals surface area contributed by atoms with Gasteiger partial charge in [-0.25, -0.2) is 0 Å². The third kappa shape index (κ3) is 6.03. The number of hydrogen-bond acceptors (Lipinski definition) is 5. The van der Waals surface area contributed by atoms with E-state index in [-0.39, 0.29) is 36.3 Å². The zero-order valence-corrected chi connectivity index (χ0v) is 15.0. The van der Waals surface area contributed by atoms with Crippen LogP contribution in [0.25, 0.3) is 0 Å². The van der Waals surface area contributed by atoms with Crippen molar-refractivity contribution in [1.29, 1.82) is 0 Å². The monoisotopic (exact) mass is 353 g/mol. The molecular weight excluding hydrogens is 328 g/mol. The van der Waals surface area contributed by atoms with Gasteiger partial charge in [0.15, 0.2) is 13.1 Å². The molecule has 0 bridgehead atoms. The minimum absolute atomic E-state index is 0.0248. The van der Waals surface area contributed by atoms with Gasteiger partial charge in [-0.2, -0.15) is 0 Å². The van der Waals surface area contributed by atoms with Crippen LogP contribution in [0.4, 0.5) is 11.4 Å². The van der Waals surface area contributed by atoms with E-state index in [0.717, 1.165) is 4.90 Å². The highest BCUT2D eigenvalue weighted by molar-refractivity contribution is 5.93. The maximum atomic E-state index is 12.2. The van der Waals surface area contributed by atoms with Crippen LogP contribution in [0, 0.1) is 10.1 Å². The Balaban J connectivity index is 2.71. The quantitative estimate of drug-likeness (QED) is 0.477. The first-order valence-corrected chi connectivity index (χ1v) is 8.03. The first-order valence-electron chi connectivity index (χ1n) is 8.03. The van der Waals surface area contributed by atoms with Crippen LogP contribution in [-0.4, -0.2) is 62.0 Å². The highest BCUT2D eigenvalue weighted by atomic mass is 16.6. The lowest BCUT2D eigenvalue weighted by Gasteiger charge is -2.21. The number of hydrogen-bond donors (Lipinski definition) is 2. The van der Waals surface area contributed by atoms with Crippen LogP contribution in [0.15, 0.2) is 18.2 Å². The van der Waals surface area contributed by atoms with Crippen LogP contribution < -0.4 is 15.0 Å². The number of methoxy groups -OCH3 is 1. The van der Waals surface area contributed by atoms with Crippen LogP contribution in [0.1, 0.15) is 13.8 Å². The zero-order valence-electron chi connectivity index (χ0n) is 15.0. The summed E-state index contributed by atoms with van der Waals surface area (Å²) in [6, 6.07) is 3.97. The second kappa shape index (κ2) is 9.58. The number of nitro groups is 1. The van der Waals surface area contributed by atoms with E-state index in [4.69, 9.17) is 4.74 Å². The fourth-order valence-electron chi connectivity index (χ4n) is 2.38. The summed E-state index contributed by atoms with van der Waals surface area (Å²) < 4.78 is 5.11. The van der Waals surface area contributed by atoms with E-state index in [9.17, 15) is 19.7 Å². The number of nitrogens with one attached hydrogen (secondary N) is 2. The summed E-state index contributed by atoms with van der Waals surface area (Å²) in [6.45, 7) is 5.30. The lowest BCUT2D eigenvalue weighted by atomic mass is 10.2. The Morgan fingerprint density at radius 2 is 1.92 bits per heavy atom.